The average Bonchev–Trinajstić information content (AvgIpc) is 3.11. The molecule has 0 bridgehead atoms. The minimum atomic E-state index is -0.0241. The van der Waals surface area contributed by atoms with Crippen LogP contribution in [0.3, 0.4) is 0 Å². The van der Waals surface area contributed by atoms with E-state index in [-0.39, 0.29) is 17.9 Å². The summed E-state index contributed by atoms with van der Waals surface area (Å²) in [5, 5.41) is 0.788. The number of halogens is 2. The first-order chi connectivity index (χ1) is 9.17. The average molecular weight is 308 g/mol. The largest absolute Gasteiger partial charge is 0.325 e. The highest BCUT2D eigenvalue weighted by Crippen LogP contribution is 2.52. The van der Waals surface area contributed by atoms with Crippen molar-refractivity contribution in [2.24, 2.45) is 5.73 Å². The van der Waals surface area contributed by atoms with Crippen molar-refractivity contribution in [3.8, 4) is 0 Å². The highest BCUT2D eigenvalue weighted by molar-refractivity contribution is 6.30. The van der Waals surface area contributed by atoms with E-state index in [1.165, 1.54) is 11.1 Å². The molecular weight excluding hydrogens is 289 g/mol. The van der Waals surface area contributed by atoms with E-state index in [1.807, 2.05) is 12.1 Å². The van der Waals surface area contributed by atoms with Gasteiger partial charge in [-0.05, 0) is 42.5 Å². The Morgan fingerprint density at radius 2 is 1.70 bits per heavy atom. The fourth-order valence-electron chi connectivity index (χ4n) is 2.76. The Labute approximate surface area is 131 Å². The summed E-state index contributed by atoms with van der Waals surface area (Å²) in [6.45, 7) is 0. The Morgan fingerprint density at radius 3 is 2.35 bits per heavy atom. The zero-order chi connectivity index (χ0) is 13.3. The van der Waals surface area contributed by atoms with Gasteiger partial charge in [-0.25, -0.2) is 0 Å². The Balaban J connectivity index is 0.00000147. The molecule has 0 radical (unpaired) electrons. The molecule has 1 aliphatic carbocycles. The third-order valence-corrected chi connectivity index (χ3v) is 4.36. The van der Waals surface area contributed by atoms with Crippen LogP contribution in [0.5, 0.6) is 0 Å². The smallest absolute Gasteiger partial charge is 0.0406 e. The van der Waals surface area contributed by atoms with Crippen molar-refractivity contribution >= 4 is 24.0 Å². The standard InChI is InChI=1S/C17H18ClN.ClH/c18-15-8-6-14(7-9-15)16-12-17(16,19)11-10-13-4-2-1-3-5-13;/h1-9,16H,10-12,19H2;1H/t16-,17-;/m1./s1. The summed E-state index contributed by atoms with van der Waals surface area (Å²) in [6, 6.07) is 18.7. The van der Waals surface area contributed by atoms with E-state index >= 15 is 0 Å². The van der Waals surface area contributed by atoms with Crippen molar-refractivity contribution in [2.45, 2.75) is 30.7 Å². The van der Waals surface area contributed by atoms with Crippen molar-refractivity contribution in [2.75, 3.05) is 0 Å². The van der Waals surface area contributed by atoms with Crippen LogP contribution in [-0.2, 0) is 6.42 Å². The highest BCUT2D eigenvalue weighted by Gasteiger charge is 2.50. The van der Waals surface area contributed by atoms with E-state index in [0.29, 0.717) is 5.92 Å². The van der Waals surface area contributed by atoms with Gasteiger partial charge in [-0.3, -0.25) is 0 Å². The molecule has 2 aromatic rings. The van der Waals surface area contributed by atoms with Gasteiger partial charge in [-0.15, -0.1) is 12.4 Å². The van der Waals surface area contributed by atoms with Crippen LogP contribution in [0.15, 0.2) is 54.6 Å². The van der Waals surface area contributed by atoms with Crippen LogP contribution >= 0.6 is 24.0 Å². The van der Waals surface area contributed by atoms with E-state index in [9.17, 15) is 0 Å². The maximum atomic E-state index is 6.48. The lowest BCUT2D eigenvalue weighted by molar-refractivity contribution is 0.589. The third kappa shape index (κ3) is 3.35. The van der Waals surface area contributed by atoms with Gasteiger partial charge in [-0.1, -0.05) is 54.1 Å². The summed E-state index contributed by atoms with van der Waals surface area (Å²) < 4.78 is 0. The molecule has 0 aliphatic heterocycles. The van der Waals surface area contributed by atoms with Crippen molar-refractivity contribution in [3.63, 3.8) is 0 Å². The van der Waals surface area contributed by atoms with E-state index in [4.69, 9.17) is 17.3 Å². The van der Waals surface area contributed by atoms with Crippen molar-refractivity contribution < 1.29 is 0 Å². The summed E-state index contributed by atoms with van der Waals surface area (Å²) in [7, 11) is 0. The molecule has 1 aliphatic rings. The molecule has 1 fully saturated rings. The van der Waals surface area contributed by atoms with Gasteiger partial charge in [0.1, 0.15) is 0 Å². The van der Waals surface area contributed by atoms with Gasteiger partial charge >= 0.3 is 0 Å². The minimum Gasteiger partial charge on any atom is -0.325 e. The lowest BCUT2D eigenvalue weighted by Crippen LogP contribution is -2.25. The summed E-state index contributed by atoms with van der Waals surface area (Å²) in [6.07, 6.45) is 3.19. The first-order valence-electron chi connectivity index (χ1n) is 6.76. The molecule has 0 unspecified atom stereocenters. The second-order valence-electron chi connectivity index (χ2n) is 5.53. The maximum Gasteiger partial charge on any atom is 0.0406 e. The van der Waals surface area contributed by atoms with Gasteiger partial charge in [0.25, 0.3) is 0 Å². The Morgan fingerprint density at radius 1 is 1.05 bits per heavy atom. The van der Waals surface area contributed by atoms with Crippen LogP contribution in [-0.4, -0.2) is 5.54 Å². The van der Waals surface area contributed by atoms with Crippen LogP contribution in [0.2, 0.25) is 5.02 Å². The predicted octanol–water partition coefficient (Wildman–Crippen LogP) is 4.58. The molecule has 3 rings (SSSR count). The molecule has 2 atom stereocenters. The van der Waals surface area contributed by atoms with Crippen LogP contribution < -0.4 is 5.73 Å². The van der Waals surface area contributed by atoms with Gasteiger partial charge in [0, 0.05) is 16.5 Å². The molecule has 1 nitrogen and oxygen atoms in total. The normalized spacial score (nSPS) is 24.0. The molecule has 0 saturated heterocycles. The third-order valence-electron chi connectivity index (χ3n) is 4.11. The molecule has 0 heterocycles. The molecule has 2 N–H and O–H groups in total. The van der Waals surface area contributed by atoms with Crippen molar-refractivity contribution in [3.05, 3.63) is 70.7 Å². The number of benzene rings is 2. The maximum absolute atomic E-state index is 6.48. The Hall–Kier alpha value is -1.02. The molecule has 0 amide bonds. The second-order valence-corrected chi connectivity index (χ2v) is 5.96. The number of hydrogen-bond donors (Lipinski definition) is 1. The minimum absolute atomic E-state index is 0. The molecule has 106 valence electrons. The van der Waals surface area contributed by atoms with E-state index in [1.54, 1.807) is 0 Å². The van der Waals surface area contributed by atoms with E-state index in [0.717, 1.165) is 24.3 Å². The van der Waals surface area contributed by atoms with Gasteiger partial charge in [-0.2, -0.15) is 0 Å². The van der Waals surface area contributed by atoms with E-state index < -0.39 is 0 Å². The molecule has 0 spiro atoms. The zero-order valence-corrected chi connectivity index (χ0v) is 12.8. The second kappa shape index (κ2) is 6.17. The van der Waals surface area contributed by atoms with Gasteiger partial charge in [0.05, 0.1) is 0 Å². The zero-order valence-electron chi connectivity index (χ0n) is 11.3. The summed E-state index contributed by atoms with van der Waals surface area (Å²) >= 11 is 5.92. The fraction of sp³-hybridized carbons (Fsp3) is 0.294. The molecule has 3 heteroatoms. The number of hydrogen-bond acceptors (Lipinski definition) is 1. The van der Waals surface area contributed by atoms with Gasteiger partial charge in [0.2, 0.25) is 0 Å². The van der Waals surface area contributed by atoms with Crippen molar-refractivity contribution in [1.82, 2.24) is 0 Å². The lowest BCUT2D eigenvalue weighted by Gasteiger charge is -2.12. The first kappa shape index (κ1) is 15.4. The molecule has 2 aromatic carbocycles. The summed E-state index contributed by atoms with van der Waals surface area (Å²) in [5.74, 6) is 0.494. The number of nitrogens with two attached hydrogens (primary N) is 1. The van der Waals surface area contributed by atoms with Crippen LogP contribution in [0.1, 0.15) is 29.9 Å². The van der Waals surface area contributed by atoms with Gasteiger partial charge in [0.15, 0.2) is 0 Å². The summed E-state index contributed by atoms with van der Waals surface area (Å²) in [5.41, 5.74) is 9.14. The monoisotopic (exact) mass is 307 g/mol. The summed E-state index contributed by atoms with van der Waals surface area (Å²) in [4.78, 5) is 0. The Kier molecular flexibility index (Phi) is 4.74. The van der Waals surface area contributed by atoms with E-state index in [2.05, 4.69) is 42.5 Å². The van der Waals surface area contributed by atoms with Crippen LogP contribution in [0, 0.1) is 0 Å². The molecule has 20 heavy (non-hydrogen) atoms. The van der Waals surface area contributed by atoms with Crippen LogP contribution in [0.25, 0.3) is 0 Å². The lowest BCUT2D eigenvalue weighted by atomic mass is 10.00. The number of rotatable bonds is 4. The topological polar surface area (TPSA) is 26.0 Å². The Bertz CT molecular complexity index is 553. The number of aryl methyl sites for hydroxylation is 1. The van der Waals surface area contributed by atoms with Crippen molar-refractivity contribution in [1.29, 1.82) is 0 Å². The quantitative estimate of drug-likeness (QED) is 0.879. The van der Waals surface area contributed by atoms with Crippen LogP contribution in [0.4, 0.5) is 0 Å². The molecule has 1 saturated carbocycles. The SMILES string of the molecule is Cl.N[C@]1(CCc2ccccc2)C[C@@H]1c1ccc(Cl)cc1. The highest BCUT2D eigenvalue weighted by atomic mass is 35.5. The first-order valence-corrected chi connectivity index (χ1v) is 7.13. The predicted molar refractivity (Wildman–Crippen MR) is 87.7 cm³/mol. The molecular formula is C17H19Cl2N. The molecule has 0 aromatic heterocycles. The van der Waals surface area contributed by atoms with Gasteiger partial charge < -0.3 is 5.73 Å². The fourth-order valence-corrected chi connectivity index (χ4v) is 2.89.